The van der Waals surface area contributed by atoms with Crippen molar-refractivity contribution in [3.05, 3.63) is 22.5 Å². The van der Waals surface area contributed by atoms with Crippen LogP contribution in [-0.4, -0.2) is 60.2 Å². The first-order chi connectivity index (χ1) is 12.9. The molecule has 1 heterocycles. The van der Waals surface area contributed by atoms with E-state index < -0.39 is 5.97 Å². The van der Waals surface area contributed by atoms with E-state index in [4.69, 9.17) is 4.74 Å². The minimum absolute atomic E-state index is 0.127. The molecule has 0 spiro atoms. The molecule has 0 fully saturated rings. The third-order valence-corrected chi connectivity index (χ3v) is 4.64. The minimum atomic E-state index is -1.05. The van der Waals surface area contributed by atoms with Gasteiger partial charge in [0.05, 0.1) is 14.2 Å². The zero-order valence-corrected chi connectivity index (χ0v) is 16.6. The number of H-pyrrole nitrogens is 1. The first-order valence-corrected chi connectivity index (χ1v) is 9.19. The van der Waals surface area contributed by atoms with Crippen molar-refractivity contribution in [2.75, 3.05) is 27.3 Å². The first kappa shape index (κ1) is 22.7. The van der Waals surface area contributed by atoms with E-state index in [9.17, 15) is 19.5 Å². The second kappa shape index (κ2) is 11.4. The number of nitrogens with zero attached hydrogens (tertiary/aromatic N) is 1. The van der Waals surface area contributed by atoms with Crippen LogP contribution in [0.4, 0.5) is 0 Å². The molecule has 2 N–H and O–H groups in total. The number of hydrogen-bond donors (Lipinski definition) is 2. The quantitative estimate of drug-likeness (QED) is 0.533. The lowest BCUT2D eigenvalue weighted by molar-refractivity contribution is -0.141. The molecule has 0 aliphatic heterocycles. The summed E-state index contributed by atoms with van der Waals surface area (Å²) in [6.45, 7) is 6.30. The first-order valence-electron chi connectivity index (χ1n) is 9.19. The van der Waals surface area contributed by atoms with Crippen molar-refractivity contribution in [2.24, 2.45) is 0 Å². The molecule has 0 radical (unpaired) electrons. The number of carbonyl (C=O) groups excluding carboxylic acids is 2. The Morgan fingerprint density at radius 2 is 1.56 bits per heavy atom. The summed E-state index contributed by atoms with van der Waals surface area (Å²) in [6, 6.07) is 0. The zero-order valence-electron chi connectivity index (χ0n) is 16.6. The monoisotopic (exact) mass is 382 g/mol. The smallest absolute Gasteiger partial charge is 0.352 e. The predicted molar refractivity (Wildman–Crippen MR) is 99.7 cm³/mol. The molecule has 27 heavy (non-hydrogen) atoms. The molecule has 0 aliphatic carbocycles. The van der Waals surface area contributed by atoms with Crippen molar-refractivity contribution >= 4 is 17.9 Å². The Labute approximate surface area is 159 Å². The summed E-state index contributed by atoms with van der Waals surface area (Å²) in [7, 11) is 2.65. The number of nitrogens with one attached hydrogen (secondary N) is 1. The number of carbonyl (C=O) groups is 3. The summed E-state index contributed by atoms with van der Waals surface area (Å²) in [4.78, 5) is 39.9. The Kier molecular flexibility index (Phi) is 9.56. The molecule has 8 nitrogen and oxygen atoms in total. The number of carboxylic acids is 1. The lowest BCUT2D eigenvalue weighted by atomic mass is 9.98. The lowest BCUT2D eigenvalue weighted by Crippen LogP contribution is -2.23. The normalized spacial score (nSPS) is 10.9. The Hall–Kier alpha value is -2.35. The van der Waals surface area contributed by atoms with Crippen LogP contribution in [0.1, 0.15) is 60.4 Å². The summed E-state index contributed by atoms with van der Waals surface area (Å²) in [6.07, 6.45) is 1.66. The molecule has 1 rings (SSSR count). The number of ether oxygens (including phenoxy) is 2. The molecule has 0 atom stereocenters. The Morgan fingerprint density at radius 3 is 2.07 bits per heavy atom. The van der Waals surface area contributed by atoms with Gasteiger partial charge in [-0.2, -0.15) is 0 Å². The topological polar surface area (TPSA) is 109 Å². The maximum absolute atomic E-state index is 11.7. The Morgan fingerprint density at radius 1 is 0.963 bits per heavy atom. The summed E-state index contributed by atoms with van der Waals surface area (Å²) < 4.78 is 9.37. The second-order valence-corrected chi connectivity index (χ2v) is 6.21. The largest absolute Gasteiger partial charge is 0.477 e. The van der Waals surface area contributed by atoms with Crippen LogP contribution in [0.25, 0.3) is 0 Å². The molecule has 8 heteroatoms. The molecule has 0 aromatic carbocycles. The van der Waals surface area contributed by atoms with E-state index in [1.807, 2.05) is 13.8 Å². The van der Waals surface area contributed by atoms with Crippen LogP contribution >= 0.6 is 0 Å². The molecule has 1 aromatic rings. The third-order valence-electron chi connectivity index (χ3n) is 4.64. The average molecular weight is 382 g/mol. The van der Waals surface area contributed by atoms with Gasteiger partial charge in [-0.05, 0) is 43.5 Å². The van der Waals surface area contributed by atoms with Crippen LogP contribution in [0.2, 0.25) is 0 Å². The molecule has 0 saturated heterocycles. The predicted octanol–water partition coefficient (Wildman–Crippen LogP) is 2.16. The summed E-state index contributed by atoms with van der Waals surface area (Å²) >= 11 is 0. The van der Waals surface area contributed by atoms with Crippen molar-refractivity contribution in [1.29, 1.82) is 0 Å². The van der Waals surface area contributed by atoms with E-state index in [0.717, 1.165) is 24.3 Å². The fraction of sp³-hybridized carbons (Fsp3) is 0.632. The zero-order chi connectivity index (χ0) is 20.4. The van der Waals surface area contributed by atoms with Gasteiger partial charge in [0.1, 0.15) is 5.69 Å². The van der Waals surface area contributed by atoms with Crippen LogP contribution < -0.4 is 0 Å². The number of aromatic amines is 1. The van der Waals surface area contributed by atoms with E-state index in [1.165, 1.54) is 14.2 Å². The van der Waals surface area contributed by atoms with Gasteiger partial charge in [0, 0.05) is 25.1 Å². The minimum Gasteiger partial charge on any atom is -0.477 e. The highest BCUT2D eigenvalue weighted by atomic mass is 16.5. The van der Waals surface area contributed by atoms with Gasteiger partial charge in [0.25, 0.3) is 0 Å². The van der Waals surface area contributed by atoms with Gasteiger partial charge in [-0.1, -0.05) is 13.8 Å². The summed E-state index contributed by atoms with van der Waals surface area (Å²) in [5.74, 6) is -1.72. The number of rotatable bonds is 12. The molecule has 0 unspecified atom stereocenters. The standard InChI is InChI=1S/C19H30N2O6/c1-5-21(6-2)12-15-13(10-11-17(23)27-4)14(18(20-15)19(24)25)8-7-9-16(22)26-3/h20H,5-12H2,1-4H3,(H,24,25). The number of aromatic carboxylic acids is 1. The van der Waals surface area contributed by atoms with Gasteiger partial charge in [-0.3, -0.25) is 14.5 Å². The molecule has 0 bridgehead atoms. The second-order valence-electron chi connectivity index (χ2n) is 6.21. The molecule has 0 aliphatic rings. The molecular weight excluding hydrogens is 352 g/mol. The number of esters is 2. The van der Waals surface area contributed by atoms with Crippen LogP contribution in [-0.2, 0) is 38.4 Å². The summed E-state index contributed by atoms with van der Waals surface area (Å²) in [5, 5.41) is 9.60. The highest BCUT2D eigenvalue weighted by molar-refractivity contribution is 5.88. The average Bonchev–Trinajstić information content (AvgIpc) is 3.01. The molecule has 152 valence electrons. The van der Waals surface area contributed by atoms with Crippen LogP contribution in [0.3, 0.4) is 0 Å². The van der Waals surface area contributed by atoms with Gasteiger partial charge in [0.15, 0.2) is 0 Å². The van der Waals surface area contributed by atoms with Crippen molar-refractivity contribution in [3.63, 3.8) is 0 Å². The number of methoxy groups -OCH3 is 2. The number of hydrogen-bond acceptors (Lipinski definition) is 6. The third kappa shape index (κ3) is 6.71. The van der Waals surface area contributed by atoms with E-state index in [1.54, 1.807) is 0 Å². The summed E-state index contributed by atoms with van der Waals surface area (Å²) in [5.41, 5.74) is 2.40. The van der Waals surface area contributed by atoms with Gasteiger partial charge in [-0.25, -0.2) is 4.79 Å². The van der Waals surface area contributed by atoms with Gasteiger partial charge >= 0.3 is 17.9 Å². The van der Waals surface area contributed by atoms with Gasteiger partial charge in [0.2, 0.25) is 0 Å². The van der Waals surface area contributed by atoms with Crippen molar-refractivity contribution in [2.45, 2.75) is 52.5 Å². The molecule has 1 aromatic heterocycles. The SMILES string of the molecule is CCN(CC)Cc1[nH]c(C(=O)O)c(CCCC(=O)OC)c1CCC(=O)OC. The van der Waals surface area contributed by atoms with Crippen LogP contribution in [0, 0.1) is 0 Å². The maximum Gasteiger partial charge on any atom is 0.352 e. The maximum atomic E-state index is 11.7. The van der Waals surface area contributed by atoms with Crippen molar-refractivity contribution < 1.29 is 29.0 Å². The molecule has 0 saturated carbocycles. The lowest BCUT2D eigenvalue weighted by Gasteiger charge is -2.18. The van der Waals surface area contributed by atoms with E-state index in [0.29, 0.717) is 31.4 Å². The van der Waals surface area contributed by atoms with Crippen molar-refractivity contribution in [1.82, 2.24) is 9.88 Å². The van der Waals surface area contributed by atoms with Crippen molar-refractivity contribution in [3.8, 4) is 0 Å². The fourth-order valence-corrected chi connectivity index (χ4v) is 3.04. The molecule has 0 amide bonds. The Bertz CT molecular complexity index is 649. The van der Waals surface area contributed by atoms with Gasteiger partial charge < -0.3 is 19.6 Å². The van der Waals surface area contributed by atoms with Gasteiger partial charge in [-0.15, -0.1) is 0 Å². The number of aromatic nitrogens is 1. The van der Waals surface area contributed by atoms with E-state index >= 15 is 0 Å². The Balaban J connectivity index is 3.18. The van der Waals surface area contributed by atoms with E-state index in [2.05, 4.69) is 14.6 Å². The van der Waals surface area contributed by atoms with E-state index in [-0.39, 0.29) is 30.5 Å². The van der Waals surface area contributed by atoms with Crippen LogP contribution in [0.15, 0.2) is 0 Å². The highest BCUT2D eigenvalue weighted by Crippen LogP contribution is 2.25. The molecular formula is C19H30N2O6. The highest BCUT2D eigenvalue weighted by Gasteiger charge is 2.23. The van der Waals surface area contributed by atoms with Crippen LogP contribution in [0.5, 0.6) is 0 Å². The number of carboxylic acid groups (broad SMARTS) is 1. The fourth-order valence-electron chi connectivity index (χ4n) is 3.04.